The third-order valence-corrected chi connectivity index (χ3v) is 8.31. The summed E-state index contributed by atoms with van der Waals surface area (Å²) in [5.74, 6) is 0.555. The van der Waals surface area contributed by atoms with Crippen LogP contribution in [-0.4, -0.2) is 58.8 Å². The molecule has 216 valence electrons. The second-order valence-corrected chi connectivity index (χ2v) is 12.2. The first kappa shape index (κ1) is 26.5. The molecule has 7 rings (SSSR count). The zero-order valence-corrected chi connectivity index (χ0v) is 24.2. The summed E-state index contributed by atoms with van der Waals surface area (Å²) < 4.78 is 9.25. The smallest absolute Gasteiger partial charge is 0.273 e. The lowest BCUT2D eigenvalue weighted by Crippen LogP contribution is -2.31. The van der Waals surface area contributed by atoms with E-state index < -0.39 is 0 Å². The highest BCUT2D eigenvalue weighted by Gasteiger charge is 2.26. The van der Waals surface area contributed by atoms with Crippen LogP contribution in [0.25, 0.3) is 33.7 Å². The highest BCUT2D eigenvalue weighted by molar-refractivity contribution is 5.93. The van der Waals surface area contributed by atoms with Gasteiger partial charge < -0.3 is 15.0 Å². The molecule has 1 saturated heterocycles. The summed E-state index contributed by atoms with van der Waals surface area (Å²) in [7, 11) is 0. The van der Waals surface area contributed by atoms with Crippen molar-refractivity contribution >= 4 is 17.1 Å². The van der Waals surface area contributed by atoms with Crippen LogP contribution < -0.4 is 5.32 Å². The molecule has 0 radical (unpaired) electrons. The van der Waals surface area contributed by atoms with Gasteiger partial charge in [-0.25, -0.2) is 14.6 Å². The Bertz CT molecular complexity index is 1750. The van der Waals surface area contributed by atoms with E-state index in [1.54, 1.807) is 10.9 Å². The standard InChI is InChI=1S/C31H35N9O2/c1-31(2,3)40-18-26(37-38-40)30(41)34-25-6-4-5-19-15-20(7-8-23(19)25)24-9-12-32-29-27(24)35-28(36-29)21-16-33-39(17-21)22-10-13-42-14-11-22/h7-9,12,15-18,22,25H,4-6,10-11,13-14H2,1-3H3,(H,34,41)(H,32,35,36)/t25-/m1/s1. The van der Waals surface area contributed by atoms with Crippen molar-refractivity contribution in [2.45, 2.75) is 70.5 Å². The van der Waals surface area contributed by atoms with Crippen LogP contribution in [0.1, 0.15) is 80.2 Å². The molecule has 1 atom stereocenters. The number of amides is 1. The SMILES string of the molecule is CC(C)(C)n1cc(C(=O)N[C@@H]2CCCc3cc(-c4ccnc5[nH]c(-c6cnn(C7CCOCC7)c6)nc45)ccc32)nn1. The largest absolute Gasteiger partial charge is 0.381 e. The Morgan fingerprint density at radius 1 is 1.10 bits per heavy atom. The average Bonchev–Trinajstić information content (AvgIpc) is 3.77. The molecule has 4 aromatic heterocycles. The average molecular weight is 566 g/mol. The summed E-state index contributed by atoms with van der Waals surface area (Å²) in [6, 6.07) is 8.78. The lowest BCUT2D eigenvalue weighted by atomic mass is 9.85. The van der Waals surface area contributed by atoms with E-state index in [2.05, 4.69) is 55.1 Å². The Kier molecular flexibility index (Phi) is 6.61. The van der Waals surface area contributed by atoms with Crippen molar-refractivity contribution < 1.29 is 9.53 Å². The summed E-state index contributed by atoms with van der Waals surface area (Å²) in [5, 5.41) is 16.1. The van der Waals surface area contributed by atoms with Crippen LogP contribution in [-0.2, 0) is 16.7 Å². The summed E-state index contributed by atoms with van der Waals surface area (Å²) in [4.78, 5) is 26.0. The molecule has 2 aliphatic rings. The number of hydrogen-bond acceptors (Lipinski definition) is 7. The first-order chi connectivity index (χ1) is 20.3. The molecular formula is C31H35N9O2. The number of carbonyl (C=O) groups is 1. The van der Waals surface area contributed by atoms with Gasteiger partial charge in [0, 0.05) is 31.2 Å². The van der Waals surface area contributed by atoms with Crippen LogP contribution in [0.5, 0.6) is 0 Å². The van der Waals surface area contributed by atoms with Crippen molar-refractivity contribution in [1.82, 2.24) is 45.0 Å². The predicted octanol–water partition coefficient (Wildman–Crippen LogP) is 4.99. The minimum atomic E-state index is -0.237. The number of aromatic nitrogens is 8. The molecule has 0 bridgehead atoms. The van der Waals surface area contributed by atoms with Crippen LogP contribution in [0.4, 0.5) is 0 Å². The number of hydrogen-bond donors (Lipinski definition) is 2. The number of aromatic amines is 1. The van der Waals surface area contributed by atoms with E-state index in [-0.39, 0.29) is 17.5 Å². The quantitative estimate of drug-likeness (QED) is 0.307. The van der Waals surface area contributed by atoms with Gasteiger partial charge in [0.1, 0.15) is 11.3 Å². The molecule has 5 heterocycles. The number of benzene rings is 1. The highest BCUT2D eigenvalue weighted by Crippen LogP contribution is 2.35. The molecule has 1 aliphatic heterocycles. The molecule has 0 saturated carbocycles. The van der Waals surface area contributed by atoms with Crippen LogP contribution in [0.15, 0.2) is 49.1 Å². The Morgan fingerprint density at radius 2 is 1.95 bits per heavy atom. The monoisotopic (exact) mass is 565 g/mol. The first-order valence-electron chi connectivity index (χ1n) is 14.7. The number of ether oxygens (including phenoxy) is 1. The van der Waals surface area contributed by atoms with Gasteiger partial charge >= 0.3 is 0 Å². The third kappa shape index (κ3) is 4.98. The fraction of sp³-hybridized carbons (Fsp3) is 0.419. The van der Waals surface area contributed by atoms with Crippen molar-refractivity contribution in [3.63, 3.8) is 0 Å². The fourth-order valence-corrected chi connectivity index (χ4v) is 5.95. The predicted molar refractivity (Wildman–Crippen MR) is 158 cm³/mol. The molecule has 2 N–H and O–H groups in total. The van der Waals surface area contributed by atoms with E-state index in [0.717, 1.165) is 84.6 Å². The van der Waals surface area contributed by atoms with Crippen LogP contribution >= 0.6 is 0 Å². The van der Waals surface area contributed by atoms with Gasteiger partial charge in [0.2, 0.25) is 0 Å². The van der Waals surface area contributed by atoms with Crippen molar-refractivity contribution in [3.05, 3.63) is 65.9 Å². The second-order valence-electron chi connectivity index (χ2n) is 12.2. The van der Waals surface area contributed by atoms with E-state index in [1.165, 1.54) is 5.56 Å². The number of fused-ring (bicyclic) bond motifs is 2. The van der Waals surface area contributed by atoms with Gasteiger partial charge in [0.05, 0.1) is 35.6 Å². The van der Waals surface area contributed by atoms with Gasteiger partial charge in [-0.15, -0.1) is 5.10 Å². The normalized spacial score (nSPS) is 17.8. The van der Waals surface area contributed by atoms with Gasteiger partial charge in [-0.1, -0.05) is 23.4 Å². The van der Waals surface area contributed by atoms with Crippen molar-refractivity contribution in [1.29, 1.82) is 0 Å². The number of pyridine rings is 1. The summed E-state index contributed by atoms with van der Waals surface area (Å²) in [6.45, 7) is 7.63. The van der Waals surface area contributed by atoms with E-state index in [9.17, 15) is 4.79 Å². The Hall–Kier alpha value is -4.38. The van der Waals surface area contributed by atoms with Crippen LogP contribution in [0.3, 0.4) is 0 Å². The molecule has 42 heavy (non-hydrogen) atoms. The second kappa shape index (κ2) is 10.5. The molecule has 1 fully saturated rings. The Labute approximate surface area is 243 Å². The molecule has 11 heteroatoms. The van der Waals surface area contributed by atoms with E-state index in [1.807, 2.05) is 43.9 Å². The lowest BCUT2D eigenvalue weighted by molar-refractivity contribution is 0.0662. The van der Waals surface area contributed by atoms with Crippen molar-refractivity contribution in [2.75, 3.05) is 13.2 Å². The maximum Gasteiger partial charge on any atom is 0.273 e. The zero-order chi connectivity index (χ0) is 28.8. The van der Waals surface area contributed by atoms with E-state index in [4.69, 9.17) is 9.72 Å². The fourth-order valence-electron chi connectivity index (χ4n) is 5.95. The number of nitrogens with one attached hydrogen (secondary N) is 2. The number of nitrogens with zero attached hydrogens (tertiary/aromatic N) is 7. The highest BCUT2D eigenvalue weighted by atomic mass is 16.5. The number of H-pyrrole nitrogens is 1. The molecule has 0 spiro atoms. The minimum absolute atomic E-state index is 0.0724. The summed E-state index contributed by atoms with van der Waals surface area (Å²) in [5.41, 5.74) is 7.10. The molecule has 1 amide bonds. The first-order valence-corrected chi connectivity index (χ1v) is 14.7. The molecule has 0 unspecified atom stereocenters. The van der Waals surface area contributed by atoms with Crippen molar-refractivity contribution in [2.24, 2.45) is 0 Å². The molecule has 5 aromatic rings. The lowest BCUT2D eigenvalue weighted by Gasteiger charge is -2.26. The van der Waals surface area contributed by atoms with Gasteiger partial charge in [0.15, 0.2) is 11.3 Å². The van der Waals surface area contributed by atoms with Gasteiger partial charge in [-0.3, -0.25) is 9.48 Å². The van der Waals surface area contributed by atoms with E-state index in [0.29, 0.717) is 11.7 Å². The van der Waals surface area contributed by atoms with Crippen LogP contribution in [0.2, 0.25) is 0 Å². The van der Waals surface area contributed by atoms with Gasteiger partial charge in [0.25, 0.3) is 5.91 Å². The Morgan fingerprint density at radius 3 is 2.76 bits per heavy atom. The zero-order valence-electron chi connectivity index (χ0n) is 24.2. The number of carbonyl (C=O) groups excluding carboxylic acids is 1. The third-order valence-electron chi connectivity index (χ3n) is 8.31. The molecule has 1 aromatic carbocycles. The topological polar surface area (TPSA) is 128 Å². The summed E-state index contributed by atoms with van der Waals surface area (Å²) >= 11 is 0. The summed E-state index contributed by atoms with van der Waals surface area (Å²) in [6.07, 6.45) is 12.2. The van der Waals surface area contributed by atoms with Gasteiger partial charge in [-0.2, -0.15) is 5.10 Å². The maximum atomic E-state index is 13.1. The number of aryl methyl sites for hydroxylation is 1. The minimum Gasteiger partial charge on any atom is -0.381 e. The van der Waals surface area contributed by atoms with Crippen molar-refractivity contribution in [3.8, 4) is 22.5 Å². The Balaban J connectivity index is 1.14. The number of imidazole rings is 1. The number of rotatable bonds is 5. The molecule has 11 nitrogen and oxygen atoms in total. The molecular weight excluding hydrogens is 530 g/mol. The maximum absolute atomic E-state index is 13.1. The van der Waals surface area contributed by atoms with E-state index >= 15 is 0 Å². The molecule has 1 aliphatic carbocycles. The van der Waals surface area contributed by atoms with Gasteiger partial charge in [-0.05, 0) is 75.6 Å². The van der Waals surface area contributed by atoms with Crippen LogP contribution in [0, 0.1) is 0 Å².